The molecule has 4 heteroatoms. The van der Waals surface area contributed by atoms with Gasteiger partial charge in [-0.3, -0.25) is 0 Å². The Bertz CT molecular complexity index is 2290. The van der Waals surface area contributed by atoms with E-state index in [1.165, 1.54) is 0 Å². The number of fused-ring (bicyclic) bond motifs is 3. The van der Waals surface area contributed by atoms with Crippen LogP contribution < -0.4 is 0 Å². The van der Waals surface area contributed by atoms with Gasteiger partial charge in [0.2, 0.25) is 0 Å². The van der Waals surface area contributed by atoms with Crippen LogP contribution in [0.2, 0.25) is 5.02 Å². The number of nitrogens with zero attached hydrogens (tertiary/aromatic N) is 2. The van der Waals surface area contributed by atoms with Crippen molar-refractivity contribution in [3.8, 4) is 56.2 Å². The zero-order chi connectivity index (χ0) is 29.5. The summed E-state index contributed by atoms with van der Waals surface area (Å²) in [6.07, 6.45) is 0. The summed E-state index contributed by atoms with van der Waals surface area (Å²) in [5, 5.41) is 2.84. The Morgan fingerprint density at radius 2 is 1.05 bits per heavy atom. The Kier molecular flexibility index (Phi) is 6.51. The largest absolute Gasteiger partial charge is 0.455 e. The summed E-state index contributed by atoms with van der Waals surface area (Å²) in [4.78, 5) is 10.1. The zero-order valence-corrected chi connectivity index (χ0v) is 24.4. The van der Waals surface area contributed by atoms with Crippen molar-refractivity contribution in [3.05, 3.63) is 157 Å². The Hall–Kier alpha value is -5.51. The molecule has 2 heterocycles. The van der Waals surface area contributed by atoms with Gasteiger partial charge in [-0.2, -0.15) is 0 Å². The maximum absolute atomic E-state index is 6.44. The molecule has 0 unspecified atom stereocenters. The van der Waals surface area contributed by atoms with E-state index in [0.717, 1.165) is 72.3 Å². The maximum Gasteiger partial charge on any atom is 0.160 e. The molecule has 2 aromatic heterocycles. The first-order valence-electron chi connectivity index (χ1n) is 14.5. The highest BCUT2D eigenvalue weighted by Gasteiger charge is 2.16. The van der Waals surface area contributed by atoms with Gasteiger partial charge >= 0.3 is 0 Å². The smallest absolute Gasteiger partial charge is 0.160 e. The molecule has 8 aromatic rings. The summed E-state index contributed by atoms with van der Waals surface area (Å²) in [5.41, 5.74) is 10.7. The molecule has 0 bridgehead atoms. The third-order valence-corrected chi connectivity index (χ3v) is 8.19. The van der Waals surface area contributed by atoms with E-state index in [1.807, 2.05) is 60.7 Å². The van der Waals surface area contributed by atoms with Crippen LogP contribution in [0.4, 0.5) is 0 Å². The molecule has 208 valence electrons. The molecule has 0 saturated carbocycles. The molecule has 0 spiro atoms. The predicted octanol–water partition coefficient (Wildman–Crippen LogP) is 11.4. The van der Waals surface area contributed by atoms with Gasteiger partial charge in [-0.25, -0.2) is 9.97 Å². The molecular weight excluding hydrogens is 560 g/mol. The first kappa shape index (κ1) is 26.1. The summed E-state index contributed by atoms with van der Waals surface area (Å²) in [7, 11) is 0. The van der Waals surface area contributed by atoms with E-state index < -0.39 is 0 Å². The molecule has 6 aromatic carbocycles. The third-order valence-electron chi connectivity index (χ3n) is 7.95. The van der Waals surface area contributed by atoms with E-state index in [4.69, 9.17) is 26.0 Å². The lowest BCUT2D eigenvalue weighted by molar-refractivity contribution is 0.670. The van der Waals surface area contributed by atoms with Crippen molar-refractivity contribution in [2.24, 2.45) is 0 Å². The molecule has 0 N–H and O–H groups in total. The molecular formula is C40H25ClN2O. The molecule has 0 aliphatic carbocycles. The molecule has 0 amide bonds. The first-order valence-corrected chi connectivity index (χ1v) is 14.9. The van der Waals surface area contributed by atoms with Gasteiger partial charge in [0, 0.05) is 38.0 Å². The molecule has 0 saturated heterocycles. The molecule has 3 nitrogen and oxygen atoms in total. The Labute approximate surface area is 260 Å². The van der Waals surface area contributed by atoms with Crippen LogP contribution in [0.1, 0.15) is 0 Å². The van der Waals surface area contributed by atoms with E-state index in [0.29, 0.717) is 10.8 Å². The lowest BCUT2D eigenvalue weighted by Gasteiger charge is -2.11. The normalized spacial score (nSPS) is 11.3. The molecule has 0 atom stereocenters. The van der Waals surface area contributed by atoms with Gasteiger partial charge in [-0.15, -0.1) is 0 Å². The van der Waals surface area contributed by atoms with Gasteiger partial charge in [-0.1, -0.05) is 121 Å². The topological polar surface area (TPSA) is 38.9 Å². The third kappa shape index (κ3) is 4.84. The van der Waals surface area contributed by atoms with Crippen molar-refractivity contribution in [2.45, 2.75) is 0 Å². The van der Waals surface area contributed by atoms with E-state index >= 15 is 0 Å². The standard InChI is InChI=1S/C40H25ClN2O/c41-32-17-8-15-29(23-32)28-14-7-16-30(22-28)36-25-37(43-40(42-36)27-12-5-2-6-13-27)31-20-21-38-35(24-31)34-19-9-18-33(39(34)44-38)26-10-3-1-4-11-26/h1-25H. The van der Waals surface area contributed by atoms with Crippen LogP contribution in [0, 0.1) is 0 Å². The highest BCUT2D eigenvalue weighted by Crippen LogP contribution is 2.38. The number of halogens is 1. The van der Waals surface area contributed by atoms with E-state index in [9.17, 15) is 0 Å². The fraction of sp³-hybridized carbons (Fsp3) is 0. The SMILES string of the molecule is Clc1cccc(-c2cccc(-c3cc(-c4ccc5oc6c(-c7ccccc7)cccc6c5c4)nc(-c4ccccc4)n3)c2)c1. The van der Waals surface area contributed by atoms with Crippen molar-refractivity contribution in [1.82, 2.24) is 9.97 Å². The lowest BCUT2D eigenvalue weighted by Crippen LogP contribution is -1.96. The number of aromatic nitrogens is 2. The number of hydrogen-bond donors (Lipinski definition) is 0. The number of furan rings is 1. The van der Waals surface area contributed by atoms with Crippen LogP contribution in [0.25, 0.3) is 78.1 Å². The second kappa shape index (κ2) is 11.0. The Morgan fingerprint density at radius 3 is 1.80 bits per heavy atom. The van der Waals surface area contributed by atoms with Crippen LogP contribution in [-0.2, 0) is 0 Å². The van der Waals surface area contributed by atoms with Crippen LogP contribution in [0.15, 0.2) is 156 Å². The summed E-state index contributed by atoms with van der Waals surface area (Å²) >= 11 is 6.31. The number of para-hydroxylation sites is 1. The highest BCUT2D eigenvalue weighted by molar-refractivity contribution is 6.30. The lowest BCUT2D eigenvalue weighted by atomic mass is 9.99. The Morgan fingerprint density at radius 1 is 0.432 bits per heavy atom. The summed E-state index contributed by atoms with van der Waals surface area (Å²) in [6, 6.07) is 51.5. The van der Waals surface area contributed by atoms with Crippen molar-refractivity contribution >= 4 is 33.5 Å². The van der Waals surface area contributed by atoms with Gasteiger partial charge in [0.25, 0.3) is 0 Å². The molecule has 0 fully saturated rings. The number of benzene rings is 6. The average molecular weight is 585 g/mol. The highest BCUT2D eigenvalue weighted by atomic mass is 35.5. The second-order valence-corrected chi connectivity index (χ2v) is 11.2. The molecule has 0 aliphatic rings. The van der Waals surface area contributed by atoms with Gasteiger partial charge in [-0.05, 0) is 59.2 Å². The van der Waals surface area contributed by atoms with Gasteiger partial charge in [0.15, 0.2) is 5.82 Å². The van der Waals surface area contributed by atoms with Crippen LogP contribution in [-0.4, -0.2) is 9.97 Å². The van der Waals surface area contributed by atoms with Crippen molar-refractivity contribution in [3.63, 3.8) is 0 Å². The summed E-state index contributed by atoms with van der Waals surface area (Å²) < 4.78 is 6.44. The number of hydrogen-bond acceptors (Lipinski definition) is 3. The first-order chi connectivity index (χ1) is 21.7. The quantitative estimate of drug-likeness (QED) is 0.202. The minimum Gasteiger partial charge on any atom is -0.455 e. The minimum absolute atomic E-state index is 0.676. The fourth-order valence-corrected chi connectivity index (χ4v) is 5.98. The molecule has 8 rings (SSSR count). The monoisotopic (exact) mass is 584 g/mol. The van der Waals surface area contributed by atoms with Crippen molar-refractivity contribution in [1.29, 1.82) is 0 Å². The van der Waals surface area contributed by atoms with E-state index in [1.54, 1.807) is 0 Å². The van der Waals surface area contributed by atoms with Crippen LogP contribution in [0.3, 0.4) is 0 Å². The van der Waals surface area contributed by atoms with Crippen molar-refractivity contribution in [2.75, 3.05) is 0 Å². The average Bonchev–Trinajstić information content (AvgIpc) is 3.47. The van der Waals surface area contributed by atoms with Gasteiger partial charge in [0.1, 0.15) is 11.2 Å². The molecule has 44 heavy (non-hydrogen) atoms. The fourth-order valence-electron chi connectivity index (χ4n) is 5.79. The summed E-state index contributed by atoms with van der Waals surface area (Å²) in [6.45, 7) is 0. The van der Waals surface area contributed by atoms with Crippen molar-refractivity contribution < 1.29 is 4.42 Å². The molecule has 0 radical (unpaired) electrons. The predicted molar refractivity (Wildman–Crippen MR) is 181 cm³/mol. The minimum atomic E-state index is 0.676. The second-order valence-electron chi connectivity index (χ2n) is 10.8. The zero-order valence-electron chi connectivity index (χ0n) is 23.6. The van der Waals surface area contributed by atoms with Gasteiger partial charge < -0.3 is 4.42 Å². The van der Waals surface area contributed by atoms with Gasteiger partial charge in [0.05, 0.1) is 11.4 Å². The maximum atomic E-state index is 6.44. The summed E-state index contributed by atoms with van der Waals surface area (Å²) in [5.74, 6) is 0.676. The van der Waals surface area contributed by atoms with E-state index in [-0.39, 0.29) is 0 Å². The Balaban J connectivity index is 1.29. The van der Waals surface area contributed by atoms with Crippen LogP contribution >= 0.6 is 11.6 Å². The van der Waals surface area contributed by atoms with E-state index in [2.05, 4.69) is 91.0 Å². The molecule has 0 aliphatic heterocycles. The number of rotatable bonds is 5. The van der Waals surface area contributed by atoms with Crippen LogP contribution in [0.5, 0.6) is 0 Å².